The van der Waals surface area contributed by atoms with Gasteiger partial charge in [-0.2, -0.15) is 0 Å². The van der Waals surface area contributed by atoms with Crippen LogP contribution in [0.1, 0.15) is 38.8 Å². The van der Waals surface area contributed by atoms with Crippen LogP contribution in [0.4, 0.5) is 4.79 Å². The number of aryl methyl sites for hydroxylation is 1. The van der Waals surface area contributed by atoms with Gasteiger partial charge in [-0.15, -0.1) is 6.58 Å². The predicted octanol–water partition coefficient (Wildman–Crippen LogP) is 3.61. The largest absolute Gasteiger partial charge is 0.467 e. The van der Waals surface area contributed by atoms with Gasteiger partial charge < -0.3 is 14.8 Å². The molecule has 26 heavy (non-hydrogen) atoms. The molecule has 0 aliphatic rings. The van der Waals surface area contributed by atoms with Crippen LogP contribution < -0.4 is 5.32 Å². The van der Waals surface area contributed by atoms with E-state index in [1.807, 2.05) is 31.2 Å². The number of nitrogens with one attached hydrogen (secondary N) is 1. The van der Waals surface area contributed by atoms with Gasteiger partial charge in [0.15, 0.2) is 0 Å². The average Bonchev–Trinajstić information content (AvgIpc) is 2.56. The molecule has 0 aromatic heterocycles. The Balaban J connectivity index is 3.15. The summed E-state index contributed by atoms with van der Waals surface area (Å²) in [7, 11) is 1.25. The number of rotatable bonds is 4. The van der Waals surface area contributed by atoms with Crippen molar-refractivity contribution in [1.29, 1.82) is 0 Å². The van der Waals surface area contributed by atoms with Crippen LogP contribution in [0.15, 0.2) is 36.9 Å². The smallest absolute Gasteiger partial charge is 0.408 e. The molecule has 5 heteroatoms. The Morgan fingerprint density at radius 1 is 1.19 bits per heavy atom. The lowest BCUT2D eigenvalue weighted by Crippen LogP contribution is -2.51. The molecule has 1 aromatic carbocycles. The number of hydrogen-bond acceptors (Lipinski definition) is 4. The molecule has 140 valence electrons. The Labute approximate surface area is 155 Å². The van der Waals surface area contributed by atoms with Crippen LogP contribution in [0.2, 0.25) is 0 Å². The number of benzene rings is 1. The van der Waals surface area contributed by atoms with E-state index in [2.05, 4.69) is 23.7 Å². The van der Waals surface area contributed by atoms with Gasteiger partial charge >= 0.3 is 12.1 Å². The number of amides is 1. The zero-order chi connectivity index (χ0) is 20.0. The normalized spacial score (nSPS) is 14.1. The molecule has 2 atom stereocenters. The molecule has 1 rings (SSSR count). The van der Waals surface area contributed by atoms with E-state index in [-0.39, 0.29) is 0 Å². The number of carbonyl (C=O) groups is 2. The van der Waals surface area contributed by atoms with Gasteiger partial charge in [-0.3, -0.25) is 0 Å². The summed E-state index contributed by atoms with van der Waals surface area (Å²) in [5, 5.41) is 2.55. The van der Waals surface area contributed by atoms with Crippen LogP contribution >= 0.6 is 0 Å². The summed E-state index contributed by atoms with van der Waals surface area (Å²) in [4.78, 5) is 24.4. The van der Waals surface area contributed by atoms with Crippen LogP contribution in [0.5, 0.6) is 0 Å². The van der Waals surface area contributed by atoms with E-state index >= 15 is 0 Å². The van der Waals surface area contributed by atoms with Gasteiger partial charge in [0.1, 0.15) is 11.6 Å². The summed E-state index contributed by atoms with van der Waals surface area (Å²) in [6.07, 6.45) is 0.797. The fraction of sp³-hybridized carbons (Fsp3) is 0.429. The first kappa shape index (κ1) is 21.3. The van der Waals surface area contributed by atoms with E-state index in [1.54, 1.807) is 27.7 Å². The molecular formula is C21H27NO4. The van der Waals surface area contributed by atoms with E-state index in [0.717, 1.165) is 11.1 Å². The first-order chi connectivity index (χ1) is 12.0. The van der Waals surface area contributed by atoms with Crippen LogP contribution in [-0.4, -0.2) is 30.8 Å². The summed E-state index contributed by atoms with van der Waals surface area (Å²) in [5.41, 5.74) is 0.184. The number of alkyl carbamates (subject to hydrolysis) is 1. The number of hydrogen-bond donors (Lipinski definition) is 1. The second-order valence-corrected chi connectivity index (χ2v) is 7.21. The van der Waals surface area contributed by atoms with Crippen molar-refractivity contribution in [2.75, 3.05) is 7.11 Å². The fourth-order valence-corrected chi connectivity index (χ4v) is 2.08. The topological polar surface area (TPSA) is 64.6 Å². The molecule has 0 spiro atoms. The first-order valence-corrected chi connectivity index (χ1v) is 8.31. The van der Waals surface area contributed by atoms with Crippen molar-refractivity contribution in [3.8, 4) is 11.8 Å². The highest BCUT2D eigenvalue weighted by atomic mass is 16.6. The minimum Gasteiger partial charge on any atom is -0.467 e. The van der Waals surface area contributed by atoms with Gasteiger partial charge in [0.2, 0.25) is 0 Å². The highest BCUT2D eigenvalue weighted by Crippen LogP contribution is 2.24. The molecule has 0 fully saturated rings. The summed E-state index contributed by atoms with van der Waals surface area (Å²) in [5.74, 6) is 5.42. The summed E-state index contributed by atoms with van der Waals surface area (Å²) in [6, 6.07) is 6.62. The van der Waals surface area contributed by atoms with Crippen molar-refractivity contribution in [3.05, 3.63) is 48.0 Å². The molecule has 0 aliphatic heterocycles. The van der Waals surface area contributed by atoms with Gasteiger partial charge in [0, 0.05) is 5.56 Å². The Morgan fingerprint density at radius 2 is 1.77 bits per heavy atom. The van der Waals surface area contributed by atoms with Crippen LogP contribution in [-0.2, 0) is 14.3 Å². The summed E-state index contributed by atoms with van der Waals surface area (Å²) >= 11 is 0. The number of esters is 1. The molecule has 0 unspecified atom stereocenters. The molecule has 0 radical (unpaired) electrons. The van der Waals surface area contributed by atoms with Crippen molar-refractivity contribution < 1.29 is 19.1 Å². The quantitative estimate of drug-likeness (QED) is 0.508. The molecule has 1 N–H and O–H groups in total. The molecule has 5 nitrogen and oxygen atoms in total. The van der Waals surface area contributed by atoms with E-state index in [0.29, 0.717) is 0 Å². The van der Waals surface area contributed by atoms with Gasteiger partial charge in [-0.25, -0.2) is 9.59 Å². The minimum atomic E-state index is -1.06. The van der Waals surface area contributed by atoms with Gasteiger partial charge in [-0.05, 0) is 46.8 Å². The van der Waals surface area contributed by atoms with E-state index in [9.17, 15) is 9.59 Å². The van der Waals surface area contributed by atoms with Crippen molar-refractivity contribution in [1.82, 2.24) is 5.32 Å². The SMILES string of the molecule is C=C[C@](C)(C#Cc1ccc(C)cc1)[C@@H](NC(=O)OC(C)(C)C)C(=O)OC. The highest BCUT2D eigenvalue weighted by molar-refractivity contribution is 5.83. The fourth-order valence-electron chi connectivity index (χ4n) is 2.08. The molecule has 1 aromatic rings. The average molecular weight is 357 g/mol. The molecule has 0 aliphatic carbocycles. The Kier molecular flexibility index (Phi) is 7.02. The van der Waals surface area contributed by atoms with E-state index in [1.165, 1.54) is 13.2 Å². The second kappa shape index (κ2) is 8.57. The third-order valence-electron chi connectivity index (χ3n) is 3.65. The number of ether oxygens (including phenoxy) is 2. The Morgan fingerprint density at radius 3 is 2.23 bits per heavy atom. The van der Waals surface area contributed by atoms with Crippen LogP contribution in [0.25, 0.3) is 0 Å². The second-order valence-electron chi connectivity index (χ2n) is 7.21. The molecule has 1 amide bonds. The van der Waals surface area contributed by atoms with E-state index < -0.39 is 29.1 Å². The molecular weight excluding hydrogens is 330 g/mol. The summed E-state index contributed by atoms with van der Waals surface area (Å²) in [6.45, 7) is 12.7. The van der Waals surface area contributed by atoms with Crippen LogP contribution in [0.3, 0.4) is 0 Å². The van der Waals surface area contributed by atoms with Crippen molar-refractivity contribution in [3.63, 3.8) is 0 Å². The number of carbonyl (C=O) groups excluding carboxylic acids is 2. The maximum Gasteiger partial charge on any atom is 0.408 e. The lowest BCUT2D eigenvalue weighted by Gasteiger charge is -2.30. The third kappa shape index (κ3) is 6.29. The van der Waals surface area contributed by atoms with Crippen molar-refractivity contribution >= 4 is 12.1 Å². The maximum atomic E-state index is 12.3. The van der Waals surface area contributed by atoms with Crippen molar-refractivity contribution in [2.24, 2.45) is 5.41 Å². The van der Waals surface area contributed by atoms with Crippen molar-refractivity contribution in [2.45, 2.75) is 46.3 Å². The molecule has 0 saturated heterocycles. The molecule has 0 saturated carbocycles. The molecule has 0 bridgehead atoms. The standard InChI is InChI=1S/C21H27NO4/c1-8-21(6,14-13-16-11-9-15(2)10-12-16)17(18(23)25-7)22-19(24)26-20(3,4)5/h8-12,17H,1H2,2-7H3,(H,22,24)/t17-,21+/m0/s1. The highest BCUT2D eigenvalue weighted by Gasteiger charge is 2.39. The monoisotopic (exact) mass is 357 g/mol. The Bertz CT molecular complexity index is 719. The van der Waals surface area contributed by atoms with E-state index in [4.69, 9.17) is 9.47 Å². The lowest BCUT2D eigenvalue weighted by atomic mass is 9.82. The first-order valence-electron chi connectivity index (χ1n) is 8.31. The lowest BCUT2D eigenvalue weighted by molar-refractivity contribution is -0.144. The summed E-state index contributed by atoms with van der Waals surface area (Å²) < 4.78 is 10.1. The molecule has 0 heterocycles. The van der Waals surface area contributed by atoms with Gasteiger partial charge in [0.25, 0.3) is 0 Å². The number of methoxy groups -OCH3 is 1. The minimum absolute atomic E-state index is 0.628. The van der Waals surface area contributed by atoms with Gasteiger partial charge in [-0.1, -0.05) is 35.6 Å². The zero-order valence-corrected chi connectivity index (χ0v) is 16.3. The predicted molar refractivity (Wildman–Crippen MR) is 102 cm³/mol. The Hall–Kier alpha value is -2.74. The zero-order valence-electron chi connectivity index (χ0n) is 16.3. The maximum absolute atomic E-state index is 12.3. The third-order valence-corrected chi connectivity index (χ3v) is 3.65. The van der Waals surface area contributed by atoms with Crippen LogP contribution in [0, 0.1) is 24.2 Å². The van der Waals surface area contributed by atoms with Gasteiger partial charge in [0.05, 0.1) is 12.5 Å².